The molecule has 0 spiro atoms. The highest BCUT2D eigenvalue weighted by Gasteiger charge is 2.37. The molecule has 2 unspecified atom stereocenters. The number of hydrogen-bond acceptors (Lipinski definition) is 6. The van der Waals surface area contributed by atoms with Crippen LogP contribution in [0.5, 0.6) is 0 Å². The van der Waals surface area contributed by atoms with Crippen molar-refractivity contribution in [3.05, 3.63) is 5.89 Å². The summed E-state index contributed by atoms with van der Waals surface area (Å²) in [4.78, 5) is 2.25. The van der Waals surface area contributed by atoms with Gasteiger partial charge in [0.2, 0.25) is 5.89 Å². The van der Waals surface area contributed by atoms with Crippen molar-refractivity contribution in [2.75, 3.05) is 38.3 Å². The molecule has 106 valence electrons. The highest BCUT2D eigenvalue weighted by molar-refractivity contribution is 5.27. The topological polar surface area (TPSA) is 63.4 Å². The van der Waals surface area contributed by atoms with Crippen LogP contribution in [0.15, 0.2) is 4.42 Å². The minimum Gasteiger partial charge on any atom is -0.407 e. The molecule has 1 aromatic rings. The summed E-state index contributed by atoms with van der Waals surface area (Å²) in [5.74, 6) is 2.34. The summed E-state index contributed by atoms with van der Waals surface area (Å²) in [6.45, 7) is 4.27. The van der Waals surface area contributed by atoms with E-state index in [9.17, 15) is 0 Å². The summed E-state index contributed by atoms with van der Waals surface area (Å²) in [5.41, 5.74) is 0. The van der Waals surface area contributed by atoms with Crippen LogP contribution >= 0.6 is 0 Å². The molecule has 1 saturated carbocycles. The summed E-state index contributed by atoms with van der Waals surface area (Å²) in [7, 11) is 1.69. The number of ether oxygens (including phenoxy) is 1. The van der Waals surface area contributed by atoms with Crippen molar-refractivity contribution < 1.29 is 9.15 Å². The summed E-state index contributed by atoms with van der Waals surface area (Å²) in [5, 5.41) is 11.5. The molecule has 2 atom stereocenters. The van der Waals surface area contributed by atoms with Gasteiger partial charge in [0, 0.05) is 26.7 Å². The highest BCUT2D eigenvalue weighted by atomic mass is 16.5. The predicted molar refractivity (Wildman–Crippen MR) is 70.9 cm³/mol. The number of aromatic nitrogens is 2. The van der Waals surface area contributed by atoms with Crippen LogP contribution < -0.4 is 10.2 Å². The third-order valence-corrected chi connectivity index (χ3v) is 4.21. The zero-order chi connectivity index (χ0) is 13.1. The molecule has 1 aromatic heterocycles. The van der Waals surface area contributed by atoms with Crippen molar-refractivity contribution in [2.45, 2.75) is 25.8 Å². The van der Waals surface area contributed by atoms with Crippen LogP contribution in [0.1, 0.15) is 25.2 Å². The van der Waals surface area contributed by atoms with Gasteiger partial charge in [-0.15, -0.1) is 5.10 Å². The predicted octanol–water partition coefficient (Wildman–Crippen LogP) is 1.04. The molecule has 1 saturated heterocycles. The standard InChI is InChI=1S/C13H22N4O2/c1-18-6-5-14-7-12-15-16-13(19-12)17-8-10-3-2-4-11(10)9-17/h10-11,14H,2-9H2,1H3. The fourth-order valence-electron chi connectivity index (χ4n) is 3.20. The average Bonchev–Trinajstić information content (AvgIpc) is 3.08. The normalized spacial score (nSPS) is 26.1. The highest BCUT2D eigenvalue weighted by Crippen LogP contribution is 2.39. The number of rotatable bonds is 6. The molecule has 3 rings (SSSR count). The van der Waals surface area contributed by atoms with E-state index >= 15 is 0 Å². The van der Waals surface area contributed by atoms with Crippen molar-refractivity contribution in [3.63, 3.8) is 0 Å². The third-order valence-electron chi connectivity index (χ3n) is 4.21. The summed E-state index contributed by atoms with van der Waals surface area (Å²) < 4.78 is 10.7. The van der Waals surface area contributed by atoms with E-state index in [1.165, 1.54) is 19.3 Å². The first-order valence-electron chi connectivity index (χ1n) is 7.14. The number of hydrogen-bond donors (Lipinski definition) is 1. The Balaban J connectivity index is 1.51. The summed E-state index contributed by atoms with van der Waals surface area (Å²) in [6, 6.07) is 0.693. The largest absolute Gasteiger partial charge is 0.407 e. The first kappa shape index (κ1) is 12.9. The molecule has 0 aromatic carbocycles. The van der Waals surface area contributed by atoms with E-state index in [2.05, 4.69) is 20.4 Å². The maximum absolute atomic E-state index is 5.71. The maximum atomic E-state index is 5.71. The van der Waals surface area contributed by atoms with Gasteiger partial charge in [-0.25, -0.2) is 0 Å². The Hall–Kier alpha value is -1.14. The lowest BCUT2D eigenvalue weighted by Crippen LogP contribution is -2.21. The zero-order valence-corrected chi connectivity index (χ0v) is 11.5. The Morgan fingerprint density at radius 2 is 2.11 bits per heavy atom. The van der Waals surface area contributed by atoms with Gasteiger partial charge in [-0.3, -0.25) is 0 Å². The SMILES string of the molecule is COCCNCc1nnc(N2CC3CCCC3C2)o1. The molecule has 6 heteroatoms. The van der Waals surface area contributed by atoms with Gasteiger partial charge >= 0.3 is 6.01 Å². The second kappa shape index (κ2) is 5.88. The zero-order valence-electron chi connectivity index (χ0n) is 11.5. The van der Waals surface area contributed by atoms with Crippen LogP contribution in [0.25, 0.3) is 0 Å². The number of nitrogens with zero attached hydrogens (tertiary/aromatic N) is 3. The Morgan fingerprint density at radius 1 is 1.32 bits per heavy atom. The van der Waals surface area contributed by atoms with Crippen molar-refractivity contribution in [1.82, 2.24) is 15.5 Å². The molecule has 1 aliphatic heterocycles. The van der Waals surface area contributed by atoms with E-state index < -0.39 is 0 Å². The Morgan fingerprint density at radius 3 is 2.84 bits per heavy atom. The molecule has 6 nitrogen and oxygen atoms in total. The summed E-state index contributed by atoms with van der Waals surface area (Å²) in [6.07, 6.45) is 4.11. The van der Waals surface area contributed by atoms with Gasteiger partial charge in [0.15, 0.2) is 0 Å². The Labute approximate surface area is 113 Å². The van der Waals surface area contributed by atoms with Crippen LogP contribution in [-0.4, -0.2) is 43.5 Å². The molecular weight excluding hydrogens is 244 g/mol. The van der Waals surface area contributed by atoms with Gasteiger partial charge in [-0.05, 0) is 24.7 Å². The van der Waals surface area contributed by atoms with Crippen LogP contribution in [0.4, 0.5) is 6.01 Å². The van der Waals surface area contributed by atoms with Gasteiger partial charge in [0.1, 0.15) is 0 Å². The van der Waals surface area contributed by atoms with Gasteiger partial charge < -0.3 is 19.4 Å². The first-order valence-corrected chi connectivity index (χ1v) is 7.14. The quantitative estimate of drug-likeness (QED) is 0.776. The van der Waals surface area contributed by atoms with Crippen LogP contribution in [0.2, 0.25) is 0 Å². The molecule has 2 heterocycles. The lowest BCUT2D eigenvalue weighted by molar-refractivity contribution is 0.198. The van der Waals surface area contributed by atoms with Gasteiger partial charge in [0.05, 0.1) is 13.2 Å². The van der Waals surface area contributed by atoms with Gasteiger partial charge in [-0.2, -0.15) is 0 Å². The van der Waals surface area contributed by atoms with Crippen molar-refractivity contribution in [1.29, 1.82) is 0 Å². The van der Waals surface area contributed by atoms with E-state index in [0.717, 1.165) is 31.5 Å². The van der Waals surface area contributed by atoms with Crippen molar-refractivity contribution in [3.8, 4) is 0 Å². The van der Waals surface area contributed by atoms with Crippen molar-refractivity contribution in [2.24, 2.45) is 11.8 Å². The monoisotopic (exact) mass is 266 g/mol. The van der Waals surface area contributed by atoms with E-state index in [4.69, 9.17) is 9.15 Å². The molecule has 1 N–H and O–H groups in total. The fraction of sp³-hybridized carbons (Fsp3) is 0.846. The molecule has 19 heavy (non-hydrogen) atoms. The van der Waals surface area contributed by atoms with E-state index in [1.807, 2.05) is 0 Å². The van der Waals surface area contributed by atoms with Crippen LogP contribution in [-0.2, 0) is 11.3 Å². The maximum Gasteiger partial charge on any atom is 0.318 e. The molecule has 2 aliphatic rings. The molecule has 0 radical (unpaired) electrons. The molecule has 0 amide bonds. The fourth-order valence-corrected chi connectivity index (χ4v) is 3.20. The number of methoxy groups -OCH3 is 1. The minimum absolute atomic E-state index is 0.608. The summed E-state index contributed by atoms with van der Waals surface area (Å²) >= 11 is 0. The van der Waals surface area contributed by atoms with Gasteiger partial charge in [-0.1, -0.05) is 11.5 Å². The van der Waals surface area contributed by atoms with Crippen LogP contribution in [0.3, 0.4) is 0 Å². The third kappa shape index (κ3) is 2.90. The smallest absolute Gasteiger partial charge is 0.318 e. The lowest BCUT2D eigenvalue weighted by atomic mass is 10.0. The molecule has 0 bridgehead atoms. The number of nitrogens with one attached hydrogen (secondary N) is 1. The Bertz CT molecular complexity index is 397. The molecular formula is C13H22N4O2. The first-order chi connectivity index (χ1) is 9.36. The van der Waals surface area contributed by atoms with Gasteiger partial charge in [0.25, 0.3) is 0 Å². The average molecular weight is 266 g/mol. The van der Waals surface area contributed by atoms with Crippen LogP contribution in [0, 0.1) is 11.8 Å². The minimum atomic E-state index is 0.608. The van der Waals surface area contributed by atoms with E-state index in [1.54, 1.807) is 7.11 Å². The van der Waals surface area contributed by atoms with E-state index in [0.29, 0.717) is 25.1 Å². The lowest BCUT2D eigenvalue weighted by Gasteiger charge is -2.13. The van der Waals surface area contributed by atoms with E-state index in [-0.39, 0.29) is 0 Å². The molecule has 1 aliphatic carbocycles. The number of anilines is 1. The Kier molecular flexibility index (Phi) is 3.98. The number of fused-ring (bicyclic) bond motifs is 1. The van der Waals surface area contributed by atoms with Crippen molar-refractivity contribution >= 4 is 6.01 Å². The second-order valence-corrected chi connectivity index (χ2v) is 5.50. The second-order valence-electron chi connectivity index (χ2n) is 5.50. The molecule has 2 fully saturated rings.